The second-order valence-corrected chi connectivity index (χ2v) is 18.1. The molecular weight excluding hydrogens is 745 g/mol. The lowest BCUT2D eigenvalue weighted by atomic mass is 9.91. The van der Waals surface area contributed by atoms with Gasteiger partial charge in [0, 0.05) is 53.9 Å². The Labute approximate surface area is 366 Å². The number of benzene rings is 1. The third kappa shape index (κ3) is 16.3. The molecule has 2 aliphatic carbocycles. The molecule has 1 fully saturated rings. The number of rotatable bonds is 32. The van der Waals surface area contributed by atoms with Crippen LogP contribution in [0.5, 0.6) is 5.75 Å². The first kappa shape index (κ1) is 51.2. The summed E-state index contributed by atoms with van der Waals surface area (Å²) in [6, 6.07) is 5.05. The molecular formula is C53H87N2O5+. The molecule has 338 valence electrons. The number of hydrogen-bond donors (Lipinski definition) is 3. The molecule has 0 radical (unpaired) electrons. The van der Waals surface area contributed by atoms with Gasteiger partial charge >= 0.3 is 0 Å². The zero-order valence-electron chi connectivity index (χ0n) is 39.1. The number of aliphatic hydroxyl groups excluding tert-OH is 2. The fourth-order valence-corrected chi connectivity index (χ4v) is 9.51. The van der Waals surface area contributed by atoms with Gasteiger partial charge in [0.05, 0.1) is 17.6 Å². The number of ketones is 2. The van der Waals surface area contributed by atoms with Crippen molar-refractivity contribution in [3.8, 4) is 5.75 Å². The Morgan fingerprint density at radius 1 is 0.600 bits per heavy atom. The van der Waals surface area contributed by atoms with Crippen molar-refractivity contribution in [1.29, 1.82) is 0 Å². The maximum atomic E-state index is 14.1. The third-order valence-corrected chi connectivity index (χ3v) is 13.3. The molecule has 0 saturated heterocycles. The largest absolute Gasteiger partial charge is 0.508 e. The molecule has 0 amide bonds. The molecule has 4 atom stereocenters. The van der Waals surface area contributed by atoms with Crippen LogP contribution < -0.4 is 4.90 Å². The number of hydrogen-bond acceptors (Lipinski definition) is 6. The van der Waals surface area contributed by atoms with E-state index in [1.165, 1.54) is 154 Å². The van der Waals surface area contributed by atoms with Crippen LogP contribution in [0.15, 0.2) is 53.3 Å². The Morgan fingerprint density at radius 2 is 1.05 bits per heavy atom. The van der Waals surface area contributed by atoms with E-state index in [2.05, 4.69) is 37.2 Å². The summed E-state index contributed by atoms with van der Waals surface area (Å²) in [5, 5.41) is 34.0. The Hall–Kier alpha value is -3.19. The van der Waals surface area contributed by atoms with Crippen LogP contribution in [0.2, 0.25) is 0 Å². The molecule has 7 nitrogen and oxygen atoms in total. The normalized spacial score (nSPS) is 19.0. The first-order valence-electron chi connectivity index (χ1n) is 24.9. The van der Waals surface area contributed by atoms with E-state index in [4.69, 9.17) is 0 Å². The van der Waals surface area contributed by atoms with E-state index < -0.39 is 23.6 Å². The Morgan fingerprint density at radius 3 is 1.48 bits per heavy atom. The van der Waals surface area contributed by atoms with Gasteiger partial charge in [-0.3, -0.25) is 9.59 Å². The summed E-state index contributed by atoms with van der Waals surface area (Å²) >= 11 is 0. The molecule has 3 N–H and O–H groups in total. The highest BCUT2D eigenvalue weighted by Crippen LogP contribution is 2.41. The molecule has 1 saturated carbocycles. The van der Waals surface area contributed by atoms with Gasteiger partial charge in [0.2, 0.25) is 5.71 Å². The average Bonchev–Trinajstić information content (AvgIpc) is 3.46. The van der Waals surface area contributed by atoms with E-state index in [1.807, 2.05) is 26.0 Å². The van der Waals surface area contributed by atoms with Crippen LogP contribution >= 0.6 is 0 Å². The second kappa shape index (κ2) is 29.2. The van der Waals surface area contributed by atoms with Crippen molar-refractivity contribution >= 4 is 23.0 Å². The number of allylic oxidation sites excluding steroid dienone is 3. The first-order valence-corrected chi connectivity index (χ1v) is 24.9. The highest BCUT2D eigenvalue weighted by atomic mass is 16.3. The minimum absolute atomic E-state index is 0.117. The van der Waals surface area contributed by atoms with Gasteiger partial charge in [0.15, 0.2) is 11.6 Å². The molecule has 0 heterocycles. The van der Waals surface area contributed by atoms with Crippen molar-refractivity contribution in [3.63, 3.8) is 0 Å². The zero-order chi connectivity index (χ0) is 43.7. The van der Waals surface area contributed by atoms with Gasteiger partial charge in [0.25, 0.3) is 0 Å². The quantitative estimate of drug-likeness (QED) is 0.0289. The fourth-order valence-electron chi connectivity index (χ4n) is 9.51. The summed E-state index contributed by atoms with van der Waals surface area (Å²) in [6.45, 7) is 16.5. The van der Waals surface area contributed by atoms with Gasteiger partial charge in [-0.1, -0.05) is 162 Å². The van der Waals surface area contributed by atoms with E-state index in [-0.39, 0.29) is 28.2 Å². The lowest BCUT2D eigenvalue weighted by Crippen LogP contribution is -2.31. The van der Waals surface area contributed by atoms with Crippen molar-refractivity contribution in [2.75, 3.05) is 31.1 Å². The summed E-state index contributed by atoms with van der Waals surface area (Å²) < 4.78 is 2.53. The van der Waals surface area contributed by atoms with Gasteiger partial charge in [-0.25, -0.2) is 4.58 Å². The number of phenols is 1. The number of nitrogens with zero attached hydrogens (tertiary/aromatic N) is 2. The van der Waals surface area contributed by atoms with Crippen LogP contribution in [-0.4, -0.2) is 69.5 Å². The molecule has 0 spiro atoms. The summed E-state index contributed by atoms with van der Waals surface area (Å²) in [4.78, 5) is 29.8. The molecule has 3 rings (SSSR count). The van der Waals surface area contributed by atoms with E-state index in [0.717, 1.165) is 37.6 Å². The third-order valence-electron chi connectivity index (χ3n) is 13.3. The Bertz CT molecular complexity index is 1520. The maximum absolute atomic E-state index is 14.1. The molecule has 1 aromatic carbocycles. The van der Waals surface area contributed by atoms with E-state index >= 15 is 0 Å². The first-order chi connectivity index (χ1) is 29.1. The van der Waals surface area contributed by atoms with Gasteiger partial charge < -0.3 is 20.2 Å². The number of aromatic hydroxyl groups is 1. The fraction of sp³-hybridized carbons (Fsp3) is 0.717. The van der Waals surface area contributed by atoms with Crippen molar-refractivity contribution in [1.82, 2.24) is 0 Å². The summed E-state index contributed by atoms with van der Waals surface area (Å²) in [6.07, 6.45) is 34.1. The number of unbranched alkanes of at least 4 members (excludes halogenated alkanes) is 16. The van der Waals surface area contributed by atoms with Gasteiger partial charge in [-0.05, 0) is 51.7 Å². The number of anilines is 1. The molecule has 0 bridgehead atoms. The Kier molecular flexibility index (Phi) is 24.9. The maximum Gasteiger partial charge on any atom is 0.203 e. The molecule has 7 heteroatoms. The lowest BCUT2D eigenvalue weighted by Gasteiger charge is -2.22. The number of Topliss-reactive ketones (excluding diaryl/α,β-unsaturated/α-hetero) is 2. The van der Waals surface area contributed by atoms with E-state index in [9.17, 15) is 24.9 Å². The molecule has 2 aliphatic rings. The van der Waals surface area contributed by atoms with Crippen molar-refractivity contribution in [2.24, 2.45) is 11.8 Å². The summed E-state index contributed by atoms with van der Waals surface area (Å²) in [5.74, 6) is -1.67. The average molecular weight is 832 g/mol. The molecule has 0 aromatic heterocycles. The molecule has 0 aliphatic heterocycles. The van der Waals surface area contributed by atoms with Crippen LogP contribution in [0, 0.1) is 11.8 Å². The minimum atomic E-state index is -1.64. The van der Waals surface area contributed by atoms with E-state index in [1.54, 1.807) is 24.3 Å². The van der Waals surface area contributed by atoms with Gasteiger partial charge in [-0.15, -0.1) is 0 Å². The number of aliphatic hydroxyl groups is 2. The van der Waals surface area contributed by atoms with Crippen molar-refractivity contribution < 1.29 is 29.5 Å². The van der Waals surface area contributed by atoms with Crippen LogP contribution in [0.25, 0.3) is 0 Å². The predicted molar refractivity (Wildman–Crippen MR) is 253 cm³/mol. The number of phenolic OH excluding ortho intramolecular Hbond substituents is 1. The topological polar surface area (TPSA) is 101 Å². The van der Waals surface area contributed by atoms with Crippen LogP contribution in [0.4, 0.5) is 5.69 Å². The van der Waals surface area contributed by atoms with Crippen molar-refractivity contribution in [2.45, 2.75) is 208 Å². The predicted octanol–water partition coefficient (Wildman–Crippen LogP) is 13.3. The SMILES string of the molecule is CCCCCCCCC(CCCCCC)C[N+](CC(CCCCCC)CCCCCCCC)=C1C=CC(=C2C(=O)C(O)C(c3ccc(N(CC)CC)cc3O)C2=O)C(O)=C1. The lowest BCUT2D eigenvalue weighted by molar-refractivity contribution is -0.541. The smallest absolute Gasteiger partial charge is 0.203 e. The molecule has 1 aromatic rings. The van der Waals surface area contributed by atoms with Gasteiger partial charge in [-0.2, -0.15) is 0 Å². The number of carbonyl (C=O) groups excluding carboxylic acids is 2. The Balaban J connectivity index is 2.00. The summed E-state index contributed by atoms with van der Waals surface area (Å²) in [7, 11) is 0. The minimum Gasteiger partial charge on any atom is -0.508 e. The van der Waals surface area contributed by atoms with Crippen LogP contribution in [0.1, 0.15) is 207 Å². The second-order valence-electron chi connectivity index (χ2n) is 18.1. The standard InChI is InChI=1S/C53H86N2O5/c1-7-13-17-21-23-27-31-41(29-25-19-15-9-3)39-55(40-42(30-26-20-16-10-4)32-28-24-22-18-14-8-2)44-34-36-46(48(57)38-44)50-51(58)49(52(59)53(50)60)45-35-33-43(37-47(45)56)54(11-5)12-6/h33-38,41-42,49,52,56,59H,7-32,39-40H2,1-6H3/p+1. The number of carbonyl (C=O) groups is 2. The monoisotopic (exact) mass is 832 g/mol. The summed E-state index contributed by atoms with van der Waals surface area (Å²) in [5.41, 5.74) is 1.92. The zero-order valence-corrected chi connectivity index (χ0v) is 39.1. The van der Waals surface area contributed by atoms with Crippen molar-refractivity contribution in [3.05, 3.63) is 58.9 Å². The highest BCUT2D eigenvalue weighted by molar-refractivity contribution is 6.31. The van der Waals surface area contributed by atoms with E-state index in [0.29, 0.717) is 11.8 Å². The van der Waals surface area contributed by atoms with Gasteiger partial charge in [0.1, 0.15) is 30.7 Å². The van der Waals surface area contributed by atoms with Crippen LogP contribution in [-0.2, 0) is 9.59 Å². The van der Waals surface area contributed by atoms with Crippen LogP contribution in [0.3, 0.4) is 0 Å². The molecule has 4 unspecified atom stereocenters. The highest BCUT2D eigenvalue weighted by Gasteiger charge is 2.48. The molecule has 60 heavy (non-hydrogen) atoms.